The number of likely N-dealkylation sites (tertiary alicyclic amines) is 1. The van der Waals surface area contributed by atoms with Crippen molar-refractivity contribution in [3.63, 3.8) is 0 Å². The molecule has 2 heterocycles. The van der Waals surface area contributed by atoms with Crippen molar-refractivity contribution >= 4 is 11.3 Å². The zero-order valence-corrected chi connectivity index (χ0v) is 13.5. The lowest BCUT2D eigenvalue weighted by molar-refractivity contribution is 0.312. The molecule has 1 fully saturated rings. The Kier molecular flexibility index (Phi) is 5.37. The van der Waals surface area contributed by atoms with Crippen LogP contribution in [-0.2, 0) is 13.1 Å². The number of nitrogens with one attached hydrogen (secondary N) is 1. The number of nitrogens with zero attached hydrogens (tertiary/aromatic N) is 2. The van der Waals surface area contributed by atoms with Crippen LogP contribution >= 0.6 is 11.3 Å². The lowest BCUT2D eigenvalue weighted by Crippen LogP contribution is -2.21. The second kappa shape index (κ2) is 6.82. The van der Waals surface area contributed by atoms with Gasteiger partial charge in [-0.25, -0.2) is 4.98 Å². The summed E-state index contributed by atoms with van der Waals surface area (Å²) in [5.41, 5.74) is 1.24. The quantitative estimate of drug-likeness (QED) is 0.869. The van der Waals surface area contributed by atoms with Crippen LogP contribution in [-0.4, -0.2) is 29.5 Å². The van der Waals surface area contributed by atoms with Gasteiger partial charge in [0, 0.05) is 31.6 Å². The molecule has 2 rings (SSSR count). The van der Waals surface area contributed by atoms with Gasteiger partial charge in [0.15, 0.2) is 0 Å². The average molecular weight is 281 g/mol. The molecule has 0 aromatic carbocycles. The molecule has 2 unspecified atom stereocenters. The molecule has 1 aliphatic rings. The minimum absolute atomic E-state index is 0.701. The maximum atomic E-state index is 4.74. The van der Waals surface area contributed by atoms with Crippen molar-refractivity contribution in [2.24, 2.45) is 17.8 Å². The molecule has 19 heavy (non-hydrogen) atoms. The minimum Gasteiger partial charge on any atom is -0.310 e. The van der Waals surface area contributed by atoms with Gasteiger partial charge in [0.1, 0.15) is 5.01 Å². The van der Waals surface area contributed by atoms with E-state index in [1.807, 2.05) is 0 Å². The molecule has 1 aliphatic heterocycles. The van der Waals surface area contributed by atoms with Gasteiger partial charge in [-0.15, -0.1) is 11.3 Å². The second-order valence-corrected chi connectivity index (χ2v) is 7.35. The first-order valence-electron chi connectivity index (χ1n) is 7.41. The summed E-state index contributed by atoms with van der Waals surface area (Å²) in [6.07, 6.45) is 0. The van der Waals surface area contributed by atoms with Gasteiger partial charge in [0.2, 0.25) is 0 Å². The fourth-order valence-corrected chi connectivity index (χ4v) is 3.33. The van der Waals surface area contributed by atoms with Crippen molar-refractivity contribution in [3.05, 3.63) is 16.1 Å². The largest absolute Gasteiger partial charge is 0.310 e. The standard InChI is InChI=1S/C15H27N3S/c1-11(2)5-16-6-15-17-14(10-19-15)9-18-7-12(3)13(4)8-18/h10-13,16H,5-9H2,1-4H3. The molecule has 3 nitrogen and oxygen atoms in total. The lowest BCUT2D eigenvalue weighted by atomic mass is 10.0. The van der Waals surface area contributed by atoms with E-state index in [4.69, 9.17) is 4.98 Å². The summed E-state index contributed by atoms with van der Waals surface area (Å²) in [5, 5.41) is 6.90. The van der Waals surface area contributed by atoms with E-state index in [9.17, 15) is 0 Å². The Labute approximate surface area is 121 Å². The molecule has 4 heteroatoms. The zero-order valence-electron chi connectivity index (χ0n) is 12.6. The predicted octanol–water partition coefficient (Wildman–Crippen LogP) is 2.98. The molecule has 0 saturated carbocycles. The molecule has 0 aliphatic carbocycles. The third-order valence-electron chi connectivity index (χ3n) is 3.88. The molecule has 0 spiro atoms. The highest BCUT2D eigenvalue weighted by Crippen LogP contribution is 2.24. The number of thiazole rings is 1. The summed E-state index contributed by atoms with van der Waals surface area (Å²) < 4.78 is 0. The Morgan fingerprint density at radius 2 is 2.05 bits per heavy atom. The second-order valence-electron chi connectivity index (χ2n) is 6.41. The Bertz CT molecular complexity index is 378. The summed E-state index contributed by atoms with van der Waals surface area (Å²) in [5.74, 6) is 2.35. The average Bonchev–Trinajstić information content (AvgIpc) is 2.87. The summed E-state index contributed by atoms with van der Waals surface area (Å²) in [7, 11) is 0. The molecule has 0 amide bonds. The number of rotatable bonds is 6. The van der Waals surface area contributed by atoms with Crippen LogP contribution in [0.15, 0.2) is 5.38 Å². The van der Waals surface area contributed by atoms with Crippen molar-refractivity contribution in [2.75, 3.05) is 19.6 Å². The Hall–Kier alpha value is -0.450. The van der Waals surface area contributed by atoms with Crippen molar-refractivity contribution in [3.8, 4) is 0 Å². The van der Waals surface area contributed by atoms with Crippen LogP contribution in [0.4, 0.5) is 0 Å². The van der Waals surface area contributed by atoms with Gasteiger partial charge in [0.05, 0.1) is 5.69 Å². The Morgan fingerprint density at radius 1 is 1.37 bits per heavy atom. The van der Waals surface area contributed by atoms with E-state index >= 15 is 0 Å². The van der Waals surface area contributed by atoms with Gasteiger partial charge in [-0.05, 0) is 24.3 Å². The van der Waals surface area contributed by atoms with Gasteiger partial charge < -0.3 is 5.32 Å². The monoisotopic (exact) mass is 281 g/mol. The smallest absolute Gasteiger partial charge is 0.107 e. The maximum absolute atomic E-state index is 4.74. The van der Waals surface area contributed by atoms with Crippen molar-refractivity contribution in [1.29, 1.82) is 0 Å². The zero-order chi connectivity index (χ0) is 13.8. The van der Waals surface area contributed by atoms with E-state index in [2.05, 4.69) is 43.3 Å². The van der Waals surface area contributed by atoms with Crippen molar-refractivity contribution in [1.82, 2.24) is 15.2 Å². The molecule has 108 valence electrons. The summed E-state index contributed by atoms with van der Waals surface area (Å²) >= 11 is 1.79. The number of hydrogen-bond acceptors (Lipinski definition) is 4. The molecule has 2 atom stereocenters. The van der Waals surface area contributed by atoms with Crippen LogP contribution in [0.2, 0.25) is 0 Å². The Morgan fingerprint density at radius 3 is 2.68 bits per heavy atom. The highest BCUT2D eigenvalue weighted by molar-refractivity contribution is 7.09. The molecular formula is C15H27N3S. The first kappa shape index (κ1) is 14.9. The van der Waals surface area contributed by atoms with Gasteiger partial charge >= 0.3 is 0 Å². The first-order chi connectivity index (χ1) is 9.04. The number of aromatic nitrogens is 1. The van der Waals surface area contributed by atoms with Gasteiger partial charge in [-0.3, -0.25) is 4.90 Å². The third kappa shape index (κ3) is 4.55. The molecule has 1 N–H and O–H groups in total. The van der Waals surface area contributed by atoms with E-state index in [1.54, 1.807) is 11.3 Å². The maximum Gasteiger partial charge on any atom is 0.107 e. The van der Waals surface area contributed by atoms with Gasteiger partial charge in [0.25, 0.3) is 0 Å². The molecule has 1 aromatic heterocycles. The van der Waals surface area contributed by atoms with Crippen molar-refractivity contribution < 1.29 is 0 Å². The molecule has 1 saturated heterocycles. The van der Waals surface area contributed by atoms with E-state index in [1.165, 1.54) is 23.8 Å². The minimum atomic E-state index is 0.701. The molecule has 0 radical (unpaired) electrons. The first-order valence-corrected chi connectivity index (χ1v) is 8.29. The fourth-order valence-electron chi connectivity index (χ4n) is 2.58. The van der Waals surface area contributed by atoms with Crippen LogP contribution in [0.25, 0.3) is 0 Å². The molecule has 1 aromatic rings. The SMILES string of the molecule is CC(C)CNCc1nc(CN2CC(C)C(C)C2)cs1. The van der Waals surface area contributed by atoms with Crippen LogP contribution in [0.3, 0.4) is 0 Å². The van der Waals surface area contributed by atoms with E-state index in [0.29, 0.717) is 5.92 Å². The summed E-state index contributed by atoms with van der Waals surface area (Å²) in [6, 6.07) is 0. The highest BCUT2D eigenvalue weighted by atomic mass is 32.1. The lowest BCUT2D eigenvalue weighted by Gasteiger charge is -2.13. The molecular weight excluding hydrogens is 254 g/mol. The van der Waals surface area contributed by atoms with Crippen LogP contribution < -0.4 is 5.32 Å². The third-order valence-corrected chi connectivity index (χ3v) is 4.78. The topological polar surface area (TPSA) is 28.2 Å². The fraction of sp³-hybridized carbons (Fsp3) is 0.800. The van der Waals surface area contributed by atoms with Crippen molar-refractivity contribution in [2.45, 2.75) is 40.8 Å². The predicted molar refractivity (Wildman–Crippen MR) is 82.3 cm³/mol. The molecule has 0 bridgehead atoms. The Balaban J connectivity index is 1.78. The summed E-state index contributed by atoms with van der Waals surface area (Å²) in [6.45, 7) is 14.6. The van der Waals surface area contributed by atoms with E-state index < -0.39 is 0 Å². The summed E-state index contributed by atoms with van der Waals surface area (Å²) in [4.78, 5) is 7.27. The van der Waals surface area contributed by atoms with E-state index in [0.717, 1.165) is 31.5 Å². The number of hydrogen-bond donors (Lipinski definition) is 1. The van der Waals surface area contributed by atoms with Crippen LogP contribution in [0.1, 0.15) is 38.4 Å². The highest BCUT2D eigenvalue weighted by Gasteiger charge is 2.26. The normalized spacial score (nSPS) is 24.5. The van der Waals surface area contributed by atoms with Crippen LogP contribution in [0.5, 0.6) is 0 Å². The van der Waals surface area contributed by atoms with Gasteiger partial charge in [-0.2, -0.15) is 0 Å². The van der Waals surface area contributed by atoms with Gasteiger partial charge in [-0.1, -0.05) is 27.7 Å². The van der Waals surface area contributed by atoms with E-state index in [-0.39, 0.29) is 0 Å². The van der Waals surface area contributed by atoms with Crippen LogP contribution in [0, 0.1) is 17.8 Å².